The van der Waals surface area contributed by atoms with E-state index in [4.69, 9.17) is 0 Å². The number of piperazine rings is 3. The van der Waals surface area contributed by atoms with Crippen molar-refractivity contribution in [3.63, 3.8) is 0 Å². The number of hydrogen-bond donors (Lipinski definition) is 0. The van der Waals surface area contributed by atoms with Gasteiger partial charge in [-0.3, -0.25) is 49.6 Å². The zero-order valence-electron chi connectivity index (χ0n) is 18.9. The molecule has 8 bridgehead atoms. The van der Waals surface area contributed by atoms with E-state index in [1.807, 2.05) is 0 Å². The molecule has 0 unspecified atom stereocenters. The van der Waals surface area contributed by atoms with Gasteiger partial charge in [-0.2, -0.15) is 0 Å². The molecular weight excluding hydrogens is 416 g/mol. The Bertz CT molecular complexity index is 582. The van der Waals surface area contributed by atoms with E-state index in [1.54, 1.807) is 0 Å². The standard InChI is InChI=1S/C20H36N8O4/c29-27(30)19-13-21-1-2-22(4-3-21)14-20(28(31)32,17-25-9-5-23(15-19)6-10-25)18-26-11-7-24(16-19)8-12-26/h1-18H2. The summed E-state index contributed by atoms with van der Waals surface area (Å²) in [6.45, 7) is 11.5. The summed E-state index contributed by atoms with van der Waals surface area (Å²) in [5.41, 5.74) is -2.02. The summed E-state index contributed by atoms with van der Waals surface area (Å²) >= 11 is 0. The normalized spacial score (nSPS) is 47.1. The van der Waals surface area contributed by atoms with Crippen molar-refractivity contribution in [2.75, 3.05) is 118 Å². The quantitative estimate of drug-likeness (QED) is 0.342. The van der Waals surface area contributed by atoms with Crippen LogP contribution in [-0.4, -0.2) is 168 Å². The number of rotatable bonds is 2. The third-order valence-corrected chi connectivity index (χ3v) is 8.28. The predicted molar refractivity (Wildman–Crippen MR) is 118 cm³/mol. The van der Waals surface area contributed by atoms with Gasteiger partial charge in [-0.05, 0) is 0 Å². The highest BCUT2D eigenvalue weighted by Gasteiger charge is 2.52. The maximum Gasteiger partial charge on any atom is 0.259 e. The van der Waals surface area contributed by atoms with E-state index in [0.29, 0.717) is 39.3 Å². The van der Waals surface area contributed by atoms with Crippen molar-refractivity contribution in [1.29, 1.82) is 0 Å². The molecule has 15 aliphatic rings. The molecule has 0 aromatic heterocycles. The molecule has 0 radical (unpaired) electrons. The van der Waals surface area contributed by atoms with Crippen molar-refractivity contribution in [3.8, 4) is 0 Å². The van der Waals surface area contributed by atoms with Crippen molar-refractivity contribution in [2.24, 2.45) is 0 Å². The Balaban J connectivity index is 1.57. The van der Waals surface area contributed by atoms with Gasteiger partial charge >= 0.3 is 0 Å². The van der Waals surface area contributed by atoms with Crippen LogP contribution in [0, 0.1) is 20.2 Å². The molecule has 0 spiro atoms. The number of nitrogens with zero attached hydrogens (tertiary/aromatic N) is 8. The highest BCUT2D eigenvalue weighted by molar-refractivity contribution is 4.98. The minimum atomic E-state index is -1.01. The van der Waals surface area contributed by atoms with Gasteiger partial charge in [0.15, 0.2) is 0 Å². The van der Waals surface area contributed by atoms with Gasteiger partial charge in [-0.15, -0.1) is 0 Å². The Morgan fingerprint density at radius 2 is 0.562 bits per heavy atom. The van der Waals surface area contributed by atoms with Crippen molar-refractivity contribution < 1.29 is 9.85 Å². The lowest BCUT2D eigenvalue weighted by atomic mass is 9.92. The fourth-order valence-electron chi connectivity index (χ4n) is 6.46. The molecule has 15 rings (SSSR count). The lowest BCUT2D eigenvalue weighted by molar-refractivity contribution is -0.576. The molecule has 15 saturated heterocycles. The first-order valence-corrected chi connectivity index (χ1v) is 12.0. The fraction of sp³-hybridized carbons (Fsp3) is 1.00. The van der Waals surface area contributed by atoms with Gasteiger partial charge in [-0.1, -0.05) is 0 Å². The third-order valence-electron chi connectivity index (χ3n) is 8.28. The molecule has 15 fully saturated rings. The van der Waals surface area contributed by atoms with E-state index in [0.717, 1.165) is 78.5 Å². The number of hydrogen-bond acceptors (Lipinski definition) is 10. The first-order chi connectivity index (χ1) is 15.4. The van der Waals surface area contributed by atoms with Crippen molar-refractivity contribution in [3.05, 3.63) is 20.2 Å². The average molecular weight is 453 g/mol. The van der Waals surface area contributed by atoms with Crippen LogP contribution < -0.4 is 0 Å². The van der Waals surface area contributed by atoms with Gasteiger partial charge in [0.2, 0.25) is 0 Å². The highest BCUT2D eigenvalue weighted by atomic mass is 16.6. The van der Waals surface area contributed by atoms with Crippen LogP contribution in [0.25, 0.3) is 0 Å². The molecule has 12 heteroatoms. The smallest absolute Gasteiger partial charge is 0.259 e. The lowest BCUT2D eigenvalue weighted by Gasteiger charge is -2.48. The molecule has 0 amide bonds. The highest BCUT2D eigenvalue weighted by Crippen LogP contribution is 2.26. The first-order valence-electron chi connectivity index (χ1n) is 12.0. The molecule has 0 atom stereocenters. The topological polar surface area (TPSA) is 106 Å². The van der Waals surface area contributed by atoms with Gasteiger partial charge in [0.25, 0.3) is 11.1 Å². The van der Waals surface area contributed by atoms with Crippen LogP contribution in [-0.2, 0) is 0 Å². The summed E-state index contributed by atoms with van der Waals surface area (Å²) < 4.78 is 0. The predicted octanol–water partition coefficient (Wildman–Crippen LogP) is -2.10. The van der Waals surface area contributed by atoms with Crippen molar-refractivity contribution in [1.82, 2.24) is 29.4 Å². The van der Waals surface area contributed by atoms with E-state index in [9.17, 15) is 20.2 Å². The second-order valence-electron chi connectivity index (χ2n) is 10.6. The van der Waals surface area contributed by atoms with E-state index in [2.05, 4.69) is 29.4 Å². The largest absolute Gasteiger partial charge is 0.294 e. The molecule has 12 nitrogen and oxygen atoms in total. The van der Waals surface area contributed by atoms with E-state index < -0.39 is 11.1 Å². The van der Waals surface area contributed by atoms with Crippen LogP contribution in [0.4, 0.5) is 0 Å². The van der Waals surface area contributed by atoms with E-state index in [-0.39, 0.29) is 9.85 Å². The molecule has 0 aromatic carbocycles. The van der Waals surface area contributed by atoms with Crippen LogP contribution in [0.2, 0.25) is 0 Å². The van der Waals surface area contributed by atoms with Crippen LogP contribution in [0.3, 0.4) is 0 Å². The molecule has 0 saturated carbocycles. The fourth-order valence-corrected chi connectivity index (χ4v) is 6.46. The molecule has 32 heavy (non-hydrogen) atoms. The summed E-state index contributed by atoms with van der Waals surface area (Å²) in [7, 11) is 0. The van der Waals surface area contributed by atoms with Gasteiger partial charge < -0.3 is 0 Å². The molecule has 0 aromatic rings. The van der Waals surface area contributed by atoms with Gasteiger partial charge in [0.1, 0.15) is 0 Å². The molecule has 15 aliphatic heterocycles. The van der Waals surface area contributed by atoms with E-state index >= 15 is 0 Å². The average Bonchev–Trinajstić information content (AvgIpc) is 2.77. The minimum Gasteiger partial charge on any atom is -0.294 e. The zero-order chi connectivity index (χ0) is 22.3. The Kier molecular flexibility index (Phi) is 6.10. The SMILES string of the molecule is O=[N+]([O-])C12CN3CCN(CC3)CC([N+](=O)[O-])(CN3CCN(CC3)C1)CN1CCN(CC1)C2. The van der Waals surface area contributed by atoms with Crippen LogP contribution in [0.1, 0.15) is 0 Å². The molecule has 0 N–H and O–H groups in total. The number of nitro groups is 2. The van der Waals surface area contributed by atoms with Crippen molar-refractivity contribution in [2.45, 2.75) is 11.1 Å². The zero-order valence-corrected chi connectivity index (χ0v) is 18.9. The van der Waals surface area contributed by atoms with E-state index in [1.165, 1.54) is 0 Å². The summed E-state index contributed by atoms with van der Waals surface area (Å²) in [5.74, 6) is 0. The summed E-state index contributed by atoms with van der Waals surface area (Å²) in [6.07, 6.45) is 0. The Hall–Kier alpha value is -1.44. The first kappa shape index (κ1) is 22.4. The van der Waals surface area contributed by atoms with Crippen LogP contribution in [0.15, 0.2) is 0 Å². The Morgan fingerprint density at radius 3 is 0.688 bits per heavy atom. The second-order valence-corrected chi connectivity index (χ2v) is 10.6. The molecular formula is C20H36N8O4. The van der Waals surface area contributed by atoms with Crippen molar-refractivity contribution >= 4 is 0 Å². The maximum atomic E-state index is 12.6. The van der Waals surface area contributed by atoms with Gasteiger partial charge in [0, 0.05) is 88.4 Å². The van der Waals surface area contributed by atoms with Gasteiger partial charge in [-0.25, -0.2) is 0 Å². The minimum absolute atomic E-state index is 0.00755. The Morgan fingerprint density at radius 1 is 0.406 bits per heavy atom. The molecule has 15 heterocycles. The maximum absolute atomic E-state index is 12.6. The summed E-state index contributed by atoms with van der Waals surface area (Å²) in [6, 6.07) is 0. The van der Waals surface area contributed by atoms with Crippen LogP contribution in [0.5, 0.6) is 0 Å². The van der Waals surface area contributed by atoms with Gasteiger partial charge in [0.05, 0.1) is 39.3 Å². The monoisotopic (exact) mass is 452 g/mol. The third kappa shape index (κ3) is 4.36. The Labute approximate surface area is 189 Å². The summed E-state index contributed by atoms with van der Waals surface area (Å²) in [4.78, 5) is 38.7. The second kappa shape index (κ2) is 8.73. The molecule has 0 aliphatic carbocycles. The molecule has 180 valence electrons. The summed E-state index contributed by atoms with van der Waals surface area (Å²) in [5, 5.41) is 25.3. The van der Waals surface area contributed by atoms with Crippen LogP contribution >= 0.6 is 0 Å². The lowest BCUT2D eigenvalue weighted by Crippen LogP contribution is -2.70.